The SMILES string of the molecule is CCC1CN(c2nc(N3CCOC[C@@H]3C)c3cccnc3n2)CCO1. The zero-order chi connectivity index (χ0) is 17.2. The summed E-state index contributed by atoms with van der Waals surface area (Å²) in [5.74, 6) is 1.71. The normalized spacial score (nSPS) is 24.7. The first kappa shape index (κ1) is 16.5. The van der Waals surface area contributed by atoms with E-state index >= 15 is 0 Å². The maximum absolute atomic E-state index is 5.79. The summed E-state index contributed by atoms with van der Waals surface area (Å²) in [7, 11) is 0. The molecule has 1 unspecified atom stereocenters. The van der Waals surface area contributed by atoms with Gasteiger partial charge in [0, 0.05) is 25.8 Å². The highest BCUT2D eigenvalue weighted by Crippen LogP contribution is 2.28. The Balaban J connectivity index is 1.75. The summed E-state index contributed by atoms with van der Waals surface area (Å²) in [5.41, 5.74) is 0.751. The summed E-state index contributed by atoms with van der Waals surface area (Å²) < 4.78 is 11.4. The molecule has 0 N–H and O–H groups in total. The van der Waals surface area contributed by atoms with Crippen molar-refractivity contribution in [1.29, 1.82) is 0 Å². The Morgan fingerprint density at radius 1 is 1.24 bits per heavy atom. The predicted molar refractivity (Wildman–Crippen MR) is 97.2 cm³/mol. The molecule has 2 atom stereocenters. The second-order valence-electron chi connectivity index (χ2n) is 6.69. The minimum atomic E-state index is 0.238. The number of aromatic nitrogens is 3. The minimum Gasteiger partial charge on any atom is -0.377 e. The number of rotatable bonds is 3. The van der Waals surface area contributed by atoms with E-state index in [9.17, 15) is 0 Å². The minimum absolute atomic E-state index is 0.238. The van der Waals surface area contributed by atoms with Crippen LogP contribution in [0.15, 0.2) is 18.3 Å². The van der Waals surface area contributed by atoms with Gasteiger partial charge in [-0.05, 0) is 25.5 Å². The van der Waals surface area contributed by atoms with Crippen LogP contribution in [0.5, 0.6) is 0 Å². The number of nitrogens with zero attached hydrogens (tertiary/aromatic N) is 5. The fourth-order valence-corrected chi connectivity index (χ4v) is 3.49. The third-order valence-corrected chi connectivity index (χ3v) is 4.96. The van der Waals surface area contributed by atoms with Crippen LogP contribution in [0.2, 0.25) is 0 Å². The molecule has 0 aliphatic carbocycles. The maximum Gasteiger partial charge on any atom is 0.229 e. The Morgan fingerprint density at radius 2 is 2.16 bits per heavy atom. The van der Waals surface area contributed by atoms with Crippen molar-refractivity contribution in [2.24, 2.45) is 0 Å². The Labute approximate surface area is 148 Å². The summed E-state index contributed by atoms with van der Waals surface area (Å²) in [6.07, 6.45) is 3.03. The first-order chi connectivity index (χ1) is 12.3. The lowest BCUT2D eigenvalue weighted by Gasteiger charge is -2.36. The Kier molecular flexibility index (Phi) is 4.67. The summed E-state index contributed by atoms with van der Waals surface area (Å²) >= 11 is 0. The molecule has 25 heavy (non-hydrogen) atoms. The van der Waals surface area contributed by atoms with Crippen molar-refractivity contribution >= 4 is 22.8 Å². The van der Waals surface area contributed by atoms with Crippen LogP contribution < -0.4 is 9.80 Å². The van der Waals surface area contributed by atoms with Gasteiger partial charge >= 0.3 is 0 Å². The molecule has 7 heteroatoms. The van der Waals surface area contributed by atoms with Gasteiger partial charge < -0.3 is 19.3 Å². The number of anilines is 2. The monoisotopic (exact) mass is 343 g/mol. The van der Waals surface area contributed by atoms with Gasteiger partial charge in [-0.2, -0.15) is 9.97 Å². The topological polar surface area (TPSA) is 63.6 Å². The van der Waals surface area contributed by atoms with Crippen LogP contribution in [-0.4, -0.2) is 66.6 Å². The van der Waals surface area contributed by atoms with E-state index in [0.717, 1.165) is 62.1 Å². The largest absolute Gasteiger partial charge is 0.377 e. The molecule has 0 radical (unpaired) electrons. The van der Waals surface area contributed by atoms with E-state index in [2.05, 4.69) is 34.7 Å². The van der Waals surface area contributed by atoms with Gasteiger partial charge in [-0.15, -0.1) is 0 Å². The van der Waals surface area contributed by atoms with Gasteiger partial charge in [-0.25, -0.2) is 4.98 Å². The molecule has 7 nitrogen and oxygen atoms in total. The van der Waals surface area contributed by atoms with Crippen LogP contribution in [0.4, 0.5) is 11.8 Å². The molecule has 0 amide bonds. The van der Waals surface area contributed by atoms with Gasteiger partial charge in [0.2, 0.25) is 5.95 Å². The van der Waals surface area contributed by atoms with Crippen LogP contribution in [0.1, 0.15) is 20.3 Å². The van der Waals surface area contributed by atoms with Crippen LogP contribution in [-0.2, 0) is 9.47 Å². The highest BCUT2D eigenvalue weighted by molar-refractivity contribution is 5.88. The van der Waals surface area contributed by atoms with E-state index in [0.29, 0.717) is 6.61 Å². The average molecular weight is 343 g/mol. The van der Waals surface area contributed by atoms with E-state index < -0.39 is 0 Å². The number of fused-ring (bicyclic) bond motifs is 1. The predicted octanol–water partition coefficient (Wildman–Crippen LogP) is 1.87. The molecule has 2 fully saturated rings. The van der Waals surface area contributed by atoms with Crippen LogP contribution >= 0.6 is 0 Å². The molecule has 0 bridgehead atoms. The first-order valence-corrected chi connectivity index (χ1v) is 9.10. The second kappa shape index (κ2) is 7.09. The van der Waals surface area contributed by atoms with Crippen molar-refractivity contribution in [3.63, 3.8) is 0 Å². The van der Waals surface area contributed by atoms with E-state index in [1.807, 2.05) is 6.07 Å². The van der Waals surface area contributed by atoms with Crippen molar-refractivity contribution in [1.82, 2.24) is 15.0 Å². The zero-order valence-electron chi connectivity index (χ0n) is 14.9. The van der Waals surface area contributed by atoms with Crippen molar-refractivity contribution < 1.29 is 9.47 Å². The molecule has 2 aliphatic heterocycles. The van der Waals surface area contributed by atoms with Crippen LogP contribution in [0.3, 0.4) is 0 Å². The molecule has 134 valence electrons. The van der Waals surface area contributed by atoms with Gasteiger partial charge in [0.1, 0.15) is 5.82 Å². The van der Waals surface area contributed by atoms with Crippen LogP contribution in [0, 0.1) is 0 Å². The molecular weight excluding hydrogens is 318 g/mol. The highest BCUT2D eigenvalue weighted by Gasteiger charge is 2.26. The quantitative estimate of drug-likeness (QED) is 0.843. The third-order valence-electron chi connectivity index (χ3n) is 4.96. The van der Waals surface area contributed by atoms with E-state index in [-0.39, 0.29) is 12.1 Å². The lowest BCUT2D eigenvalue weighted by molar-refractivity contribution is 0.0379. The molecule has 2 aromatic heterocycles. The molecule has 0 spiro atoms. The maximum atomic E-state index is 5.79. The Morgan fingerprint density at radius 3 is 3.00 bits per heavy atom. The van der Waals surface area contributed by atoms with Crippen molar-refractivity contribution in [3.8, 4) is 0 Å². The molecule has 0 aromatic carbocycles. The summed E-state index contributed by atoms with van der Waals surface area (Å²) in [5, 5.41) is 1.00. The molecule has 0 saturated carbocycles. The number of hydrogen-bond acceptors (Lipinski definition) is 7. The van der Waals surface area contributed by atoms with Gasteiger partial charge in [0.25, 0.3) is 0 Å². The molecule has 4 heterocycles. The lowest BCUT2D eigenvalue weighted by atomic mass is 10.2. The number of ether oxygens (including phenoxy) is 2. The fraction of sp³-hybridized carbons (Fsp3) is 0.611. The number of hydrogen-bond donors (Lipinski definition) is 0. The Hall–Kier alpha value is -1.99. The summed E-state index contributed by atoms with van der Waals surface area (Å²) in [4.78, 5) is 18.7. The number of pyridine rings is 1. The molecular formula is C18H25N5O2. The zero-order valence-corrected chi connectivity index (χ0v) is 14.9. The van der Waals surface area contributed by atoms with Gasteiger partial charge in [0.05, 0.1) is 37.4 Å². The highest BCUT2D eigenvalue weighted by atomic mass is 16.5. The van der Waals surface area contributed by atoms with Gasteiger partial charge in [-0.3, -0.25) is 0 Å². The third kappa shape index (κ3) is 3.26. The van der Waals surface area contributed by atoms with Gasteiger partial charge in [0.15, 0.2) is 5.65 Å². The van der Waals surface area contributed by atoms with Gasteiger partial charge in [-0.1, -0.05) is 6.92 Å². The fourth-order valence-electron chi connectivity index (χ4n) is 3.49. The molecule has 2 aromatic rings. The molecule has 2 aliphatic rings. The number of morpholine rings is 2. The van der Waals surface area contributed by atoms with Crippen LogP contribution in [0.25, 0.3) is 11.0 Å². The summed E-state index contributed by atoms with van der Waals surface area (Å²) in [6, 6.07) is 4.28. The van der Waals surface area contributed by atoms with E-state index in [1.54, 1.807) is 6.20 Å². The van der Waals surface area contributed by atoms with Crippen molar-refractivity contribution in [2.75, 3.05) is 49.3 Å². The molecule has 2 saturated heterocycles. The molecule has 4 rings (SSSR count). The first-order valence-electron chi connectivity index (χ1n) is 9.10. The standard InChI is InChI=1S/C18H25N5O2/c1-3-14-11-22(7-10-25-14)18-20-16-15(5-4-6-19-16)17(21-18)23-8-9-24-12-13(23)2/h4-6,13-14H,3,7-12H2,1-2H3/t13-,14?/m0/s1. The average Bonchev–Trinajstić information content (AvgIpc) is 2.67. The van der Waals surface area contributed by atoms with E-state index in [4.69, 9.17) is 19.4 Å². The van der Waals surface area contributed by atoms with Crippen molar-refractivity contribution in [2.45, 2.75) is 32.4 Å². The smallest absolute Gasteiger partial charge is 0.229 e. The second-order valence-corrected chi connectivity index (χ2v) is 6.69. The van der Waals surface area contributed by atoms with E-state index in [1.165, 1.54) is 0 Å². The lowest BCUT2D eigenvalue weighted by Crippen LogP contribution is -2.45. The summed E-state index contributed by atoms with van der Waals surface area (Å²) in [6.45, 7) is 8.95. The Bertz CT molecular complexity index is 740. The van der Waals surface area contributed by atoms with Crippen molar-refractivity contribution in [3.05, 3.63) is 18.3 Å².